The van der Waals surface area contributed by atoms with Gasteiger partial charge in [0.1, 0.15) is 0 Å². The molecule has 35 heavy (non-hydrogen) atoms. The summed E-state index contributed by atoms with van der Waals surface area (Å²) in [7, 11) is 0. The summed E-state index contributed by atoms with van der Waals surface area (Å²) in [5, 5.41) is 19.8. The Labute approximate surface area is 204 Å². The number of rotatable bonds is 9. The first kappa shape index (κ1) is 22.6. The molecule has 8 heteroatoms. The monoisotopic (exact) mass is 465 g/mol. The molecule has 0 unspecified atom stereocenters. The van der Waals surface area contributed by atoms with Gasteiger partial charge < -0.3 is 5.32 Å². The molecule has 0 aliphatic heterocycles. The number of pyridine rings is 1. The molecule has 0 atom stereocenters. The average molecular weight is 466 g/mol. The van der Waals surface area contributed by atoms with Crippen LogP contribution in [0.1, 0.15) is 57.1 Å². The van der Waals surface area contributed by atoms with E-state index in [0.717, 1.165) is 48.3 Å². The topological polar surface area (TPSA) is 98.5 Å². The van der Waals surface area contributed by atoms with Gasteiger partial charge in [-0.2, -0.15) is 10.2 Å². The van der Waals surface area contributed by atoms with Crippen LogP contribution in [0, 0.1) is 6.92 Å². The molecule has 0 saturated carbocycles. The molecule has 0 bridgehead atoms. The van der Waals surface area contributed by atoms with Gasteiger partial charge >= 0.3 is 0 Å². The zero-order valence-corrected chi connectivity index (χ0v) is 19.7. The minimum Gasteiger partial charge on any atom is -0.346 e. The standard InChI is InChI=1S/C27H27N7O/c1-19-10-11-20(16-28-19)17-29-27(35)26-18-34(33-32-26)12-6-5-9-24-14-23-13-22(15-25(23)31-30-24)21-7-3-2-4-8-21/h2-4,7-8,10-11,13-14,16,18H,5-6,9,12,15,17H2,1H3,(H,29,35). The van der Waals surface area contributed by atoms with Gasteiger partial charge in [0.2, 0.25) is 0 Å². The molecule has 1 N–H and O–H groups in total. The average Bonchev–Trinajstić information content (AvgIpc) is 3.54. The number of carbonyl (C=O) groups excluding carboxylic acids is 1. The Morgan fingerprint density at radius 2 is 1.94 bits per heavy atom. The van der Waals surface area contributed by atoms with Crippen molar-refractivity contribution in [3.8, 4) is 0 Å². The highest BCUT2D eigenvalue weighted by molar-refractivity contribution is 5.91. The van der Waals surface area contributed by atoms with Gasteiger partial charge in [0.05, 0.1) is 17.6 Å². The molecule has 0 radical (unpaired) electrons. The third-order valence-corrected chi connectivity index (χ3v) is 6.05. The van der Waals surface area contributed by atoms with Crippen LogP contribution < -0.4 is 5.32 Å². The maximum Gasteiger partial charge on any atom is 0.273 e. The highest BCUT2D eigenvalue weighted by Crippen LogP contribution is 2.30. The van der Waals surface area contributed by atoms with Crippen LogP contribution in [0.15, 0.2) is 60.9 Å². The predicted molar refractivity (Wildman–Crippen MR) is 133 cm³/mol. The summed E-state index contributed by atoms with van der Waals surface area (Å²) in [5.41, 5.74) is 7.93. The zero-order valence-electron chi connectivity index (χ0n) is 19.7. The molecule has 176 valence electrons. The molecule has 0 fully saturated rings. The minimum absolute atomic E-state index is 0.242. The normalized spacial score (nSPS) is 12.3. The van der Waals surface area contributed by atoms with Gasteiger partial charge in [0, 0.05) is 37.0 Å². The highest BCUT2D eigenvalue weighted by Gasteiger charge is 2.16. The van der Waals surface area contributed by atoms with Crippen molar-refractivity contribution >= 4 is 17.6 Å². The van der Waals surface area contributed by atoms with E-state index in [1.165, 1.54) is 16.7 Å². The second-order valence-corrected chi connectivity index (χ2v) is 8.76. The number of carbonyl (C=O) groups is 1. The fraction of sp³-hybridized carbons (Fsp3) is 0.259. The van der Waals surface area contributed by atoms with Crippen LogP contribution in [-0.4, -0.2) is 36.1 Å². The number of aryl methyl sites for hydroxylation is 3. The van der Waals surface area contributed by atoms with E-state index in [-0.39, 0.29) is 5.91 Å². The molecule has 8 nitrogen and oxygen atoms in total. The Hall–Kier alpha value is -4.20. The largest absolute Gasteiger partial charge is 0.346 e. The van der Waals surface area contributed by atoms with Crippen molar-refractivity contribution in [2.75, 3.05) is 0 Å². The van der Waals surface area contributed by atoms with Crippen LogP contribution in [0.5, 0.6) is 0 Å². The van der Waals surface area contributed by atoms with Gasteiger partial charge in [-0.25, -0.2) is 0 Å². The highest BCUT2D eigenvalue weighted by atomic mass is 16.2. The van der Waals surface area contributed by atoms with Gasteiger partial charge in [0.25, 0.3) is 5.91 Å². The molecule has 1 amide bonds. The third-order valence-electron chi connectivity index (χ3n) is 6.05. The maximum atomic E-state index is 12.4. The Balaban J connectivity index is 1.08. The lowest BCUT2D eigenvalue weighted by Gasteiger charge is -2.04. The summed E-state index contributed by atoms with van der Waals surface area (Å²) in [6.07, 6.45) is 9.20. The lowest BCUT2D eigenvalue weighted by Crippen LogP contribution is -2.23. The number of amides is 1. The number of aromatic nitrogens is 6. The van der Waals surface area contributed by atoms with E-state index >= 15 is 0 Å². The van der Waals surface area contributed by atoms with Crippen LogP contribution in [0.3, 0.4) is 0 Å². The third kappa shape index (κ3) is 5.66. The number of hydrogen-bond donors (Lipinski definition) is 1. The first-order chi connectivity index (χ1) is 17.1. The van der Waals surface area contributed by atoms with Crippen molar-refractivity contribution in [2.24, 2.45) is 0 Å². The Morgan fingerprint density at radius 3 is 2.77 bits per heavy atom. The zero-order chi connectivity index (χ0) is 24.0. The predicted octanol–water partition coefficient (Wildman–Crippen LogP) is 3.82. The molecule has 4 aromatic rings. The number of allylic oxidation sites excluding steroid dienone is 1. The molecule has 3 aromatic heterocycles. The summed E-state index contributed by atoms with van der Waals surface area (Å²) < 4.78 is 1.71. The fourth-order valence-corrected chi connectivity index (χ4v) is 4.08. The van der Waals surface area contributed by atoms with Crippen molar-refractivity contribution in [3.63, 3.8) is 0 Å². The number of nitrogens with one attached hydrogen (secondary N) is 1. The first-order valence-corrected chi connectivity index (χ1v) is 11.9. The lowest BCUT2D eigenvalue weighted by atomic mass is 10.1. The van der Waals surface area contributed by atoms with Crippen molar-refractivity contribution in [2.45, 2.75) is 45.7 Å². The van der Waals surface area contributed by atoms with E-state index in [4.69, 9.17) is 0 Å². The summed E-state index contributed by atoms with van der Waals surface area (Å²) in [5.74, 6) is -0.242. The number of hydrogen-bond acceptors (Lipinski definition) is 6. The van der Waals surface area contributed by atoms with Crippen LogP contribution in [0.4, 0.5) is 0 Å². The molecule has 1 aliphatic rings. The smallest absolute Gasteiger partial charge is 0.273 e. The van der Waals surface area contributed by atoms with Crippen LogP contribution in [-0.2, 0) is 25.9 Å². The number of nitrogens with zero attached hydrogens (tertiary/aromatic N) is 6. The van der Waals surface area contributed by atoms with E-state index in [0.29, 0.717) is 18.8 Å². The van der Waals surface area contributed by atoms with Gasteiger partial charge in [-0.1, -0.05) is 41.6 Å². The molecular formula is C27H27N7O. The van der Waals surface area contributed by atoms with Gasteiger partial charge in [-0.3, -0.25) is 14.5 Å². The van der Waals surface area contributed by atoms with E-state index in [1.807, 2.05) is 25.1 Å². The quantitative estimate of drug-likeness (QED) is 0.377. The molecule has 5 rings (SSSR count). The van der Waals surface area contributed by atoms with Crippen LogP contribution >= 0.6 is 0 Å². The molecular weight excluding hydrogens is 438 g/mol. The summed E-state index contributed by atoms with van der Waals surface area (Å²) in [6, 6.07) is 16.4. The fourth-order valence-electron chi connectivity index (χ4n) is 4.08. The molecule has 0 saturated heterocycles. The number of unbranched alkanes of at least 4 members (excludes halogenated alkanes) is 1. The second-order valence-electron chi connectivity index (χ2n) is 8.76. The van der Waals surface area contributed by atoms with Gasteiger partial charge in [-0.05, 0) is 61.1 Å². The maximum absolute atomic E-state index is 12.4. The van der Waals surface area contributed by atoms with Crippen molar-refractivity contribution < 1.29 is 4.79 Å². The Kier molecular flexibility index (Phi) is 6.70. The Morgan fingerprint density at radius 1 is 1.06 bits per heavy atom. The van der Waals surface area contributed by atoms with Crippen LogP contribution in [0.2, 0.25) is 0 Å². The van der Waals surface area contributed by atoms with E-state index in [1.54, 1.807) is 17.1 Å². The van der Waals surface area contributed by atoms with Crippen molar-refractivity contribution in [3.05, 3.63) is 100 Å². The first-order valence-electron chi connectivity index (χ1n) is 11.9. The van der Waals surface area contributed by atoms with Gasteiger partial charge in [0.15, 0.2) is 5.69 Å². The second kappa shape index (κ2) is 10.4. The van der Waals surface area contributed by atoms with Crippen molar-refractivity contribution in [1.29, 1.82) is 0 Å². The summed E-state index contributed by atoms with van der Waals surface area (Å²) >= 11 is 0. The lowest BCUT2D eigenvalue weighted by molar-refractivity contribution is 0.0946. The summed E-state index contributed by atoms with van der Waals surface area (Å²) in [6.45, 7) is 3.03. The minimum atomic E-state index is -0.242. The van der Waals surface area contributed by atoms with E-state index in [9.17, 15) is 4.79 Å². The molecule has 3 heterocycles. The number of benzene rings is 1. The molecule has 1 aliphatic carbocycles. The van der Waals surface area contributed by atoms with Gasteiger partial charge in [-0.15, -0.1) is 5.10 Å². The van der Waals surface area contributed by atoms with E-state index < -0.39 is 0 Å². The van der Waals surface area contributed by atoms with Crippen LogP contribution in [0.25, 0.3) is 11.6 Å². The van der Waals surface area contributed by atoms with Crippen molar-refractivity contribution in [1.82, 2.24) is 35.5 Å². The summed E-state index contributed by atoms with van der Waals surface area (Å²) in [4.78, 5) is 16.6. The van der Waals surface area contributed by atoms with E-state index in [2.05, 4.69) is 67.2 Å². The molecule has 0 spiro atoms. The molecule has 1 aromatic carbocycles. The number of fused-ring (bicyclic) bond motifs is 1. The SMILES string of the molecule is Cc1ccc(CNC(=O)c2cn(CCCCc3cc4c(nn3)CC(c3ccccc3)=C4)nn2)cn1. The Bertz CT molecular complexity index is 1340.